The predicted molar refractivity (Wildman–Crippen MR) is 87.6 cm³/mol. The van der Waals surface area contributed by atoms with Crippen molar-refractivity contribution < 1.29 is 9.72 Å². The number of benzene rings is 1. The predicted octanol–water partition coefficient (Wildman–Crippen LogP) is 2.44. The highest BCUT2D eigenvalue weighted by atomic mass is 35.5. The van der Waals surface area contributed by atoms with Crippen LogP contribution in [0.1, 0.15) is 35.7 Å². The van der Waals surface area contributed by atoms with Crippen LogP contribution in [0.4, 0.5) is 5.69 Å². The highest BCUT2D eigenvalue weighted by molar-refractivity contribution is 5.96. The maximum atomic E-state index is 12.3. The van der Waals surface area contributed by atoms with Crippen molar-refractivity contribution in [2.75, 3.05) is 13.1 Å². The summed E-state index contributed by atoms with van der Waals surface area (Å²) in [5.41, 5.74) is 1.06. The fraction of sp³-hybridized carbons (Fsp3) is 0.533. The van der Waals surface area contributed by atoms with Crippen LogP contribution in [0, 0.1) is 23.0 Å². The average Bonchev–Trinajstić information content (AvgIpc) is 2.48. The number of hydrogen-bond acceptors (Lipinski definition) is 4. The van der Waals surface area contributed by atoms with Gasteiger partial charge in [-0.2, -0.15) is 0 Å². The van der Waals surface area contributed by atoms with E-state index in [2.05, 4.69) is 10.6 Å². The van der Waals surface area contributed by atoms with Crippen LogP contribution in [-0.4, -0.2) is 30.0 Å². The van der Waals surface area contributed by atoms with E-state index in [1.807, 2.05) is 6.92 Å². The molecule has 1 saturated heterocycles. The molecule has 2 N–H and O–H groups in total. The van der Waals surface area contributed by atoms with E-state index in [-0.39, 0.29) is 30.0 Å². The fourth-order valence-electron chi connectivity index (χ4n) is 2.68. The molecule has 0 bridgehead atoms. The Hall–Kier alpha value is -1.66. The maximum Gasteiger partial charge on any atom is 0.270 e. The Morgan fingerprint density at radius 1 is 1.50 bits per heavy atom. The van der Waals surface area contributed by atoms with Crippen LogP contribution in [0.25, 0.3) is 0 Å². The van der Waals surface area contributed by atoms with Gasteiger partial charge in [0.05, 0.1) is 4.92 Å². The molecule has 122 valence electrons. The first-order valence-corrected chi connectivity index (χ1v) is 7.25. The molecule has 1 aromatic rings. The number of nitro benzene ring substituents is 1. The van der Waals surface area contributed by atoms with E-state index in [0.717, 1.165) is 31.5 Å². The molecule has 1 aliphatic heterocycles. The topological polar surface area (TPSA) is 84.3 Å². The minimum Gasteiger partial charge on any atom is -0.349 e. The second-order valence-corrected chi connectivity index (χ2v) is 5.62. The summed E-state index contributed by atoms with van der Waals surface area (Å²) in [4.78, 5) is 22.7. The molecular weight excluding hydrogens is 306 g/mol. The van der Waals surface area contributed by atoms with E-state index in [9.17, 15) is 14.9 Å². The minimum atomic E-state index is -0.481. The quantitative estimate of drug-likeness (QED) is 0.657. The first-order chi connectivity index (χ1) is 9.99. The van der Waals surface area contributed by atoms with Crippen LogP contribution in [-0.2, 0) is 0 Å². The van der Waals surface area contributed by atoms with Crippen molar-refractivity contribution in [3.8, 4) is 0 Å². The van der Waals surface area contributed by atoms with Gasteiger partial charge >= 0.3 is 0 Å². The van der Waals surface area contributed by atoms with E-state index >= 15 is 0 Å². The molecule has 0 aromatic heterocycles. The highest BCUT2D eigenvalue weighted by Gasteiger charge is 2.23. The lowest BCUT2D eigenvalue weighted by molar-refractivity contribution is -0.384. The minimum absolute atomic E-state index is 0. The Morgan fingerprint density at radius 2 is 2.23 bits per heavy atom. The molecule has 2 atom stereocenters. The number of nitrogens with one attached hydrogen (secondary N) is 2. The summed E-state index contributed by atoms with van der Waals surface area (Å²) in [7, 11) is 0. The number of aryl methyl sites for hydroxylation is 1. The molecule has 2 unspecified atom stereocenters. The fourth-order valence-corrected chi connectivity index (χ4v) is 2.68. The molecular formula is C15H22ClN3O3. The van der Waals surface area contributed by atoms with Crippen LogP contribution in [0.15, 0.2) is 18.2 Å². The zero-order valence-corrected chi connectivity index (χ0v) is 13.6. The number of piperidine rings is 1. The Kier molecular flexibility index (Phi) is 6.77. The van der Waals surface area contributed by atoms with Crippen LogP contribution >= 0.6 is 12.4 Å². The molecule has 2 rings (SSSR count). The third kappa shape index (κ3) is 4.42. The molecule has 1 aliphatic rings. The number of carbonyl (C=O) groups is 1. The van der Waals surface area contributed by atoms with E-state index in [0.29, 0.717) is 11.5 Å². The lowest BCUT2D eigenvalue weighted by atomic mass is 9.92. The Bertz CT molecular complexity index is 545. The number of non-ortho nitro benzene ring substituents is 1. The lowest BCUT2D eigenvalue weighted by Gasteiger charge is -2.29. The van der Waals surface area contributed by atoms with Gasteiger partial charge in [0, 0.05) is 23.7 Å². The summed E-state index contributed by atoms with van der Waals surface area (Å²) in [6.07, 6.45) is 2.20. The van der Waals surface area contributed by atoms with Crippen molar-refractivity contribution in [3.05, 3.63) is 39.4 Å². The van der Waals surface area contributed by atoms with Gasteiger partial charge < -0.3 is 10.6 Å². The number of hydrogen-bond donors (Lipinski definition) is 2. The van der Waals surface area contributed by atoms with Crippen molar-refractivity contribution in [3.63, 3.8) is 0 Å². The molecule has 0 spiro atoms. The summed E-state index contributed by atoms with van der Waals surface area (Å²) < 4.78 is 0. The standard InChI is InChI=1S/C15H21N3O3.ClH/c1-10-5-6-13(18(20)21)8-14(10)15(19)17-11(2)12-4-3-7-16-9-12;/h5-6,8,11-12,16H,3-4,7,9H2,1-2H3,(H,17,19);1H. The molecule has 7 heteroatoms. The molecule has 1 aromatic carbocycles. The van der Waals surface area contributed by atoms with Gasteiger partial charge in [0.25, 0.3) is 11.6 Å². The Labute approximate surface area is 136 Å². The van der Waals surface area contributed by atoms with Crippen molar-refractivity contribution in [1.29, 1.82) is 0 Å². The molecule has 1 amide bonds. The third-order valence-corrected chi connectivity index (χ3v) is 4.08. The summed E-state index contributed by atoms with van der Waals surface area (Å²) in [5, 5.41) is 17.1. The number of nitro groups is 1. The van der Waals surface area contributed by atoms with Crippen LogP contribution in [0.3, 0.4) is 0 Å². The van der Waals surface area contributed by atoms with E-state index in [4.69, 9.17) is 0 Å². The molecule has 0 saturated carbocycles. The molecule has 6 nitrogen and oxygen atoms in total. The van der Waals surface area contributed by atoms with E-state index < -0.39 is 4.92 Å². The molecule has 22 heavy (non-hydrogen) atoms. The smallest absolute Gasteiger partial charge is 0.270 e. The maximum absolute atomic E-state index is 12.3. The van der Waals surface area contributed by atoms with Crippen LogP contribution in [0.2, 0.25) is 0 Å². The number of amides is 1. The SMILES string of the molecule is Cc1ccc([N+](=O)[O-])cc1C(=O)NC(C)C1CCCNC1.Cl. The van der Waals surface area contributed by atoms with Gasteiger partial charge in [0.2, 0.25) is 0 Å². The molecule has 1 heterocycles. The van der Waals surface area contributed by atoms with Gasteiger partial charge in [-0.25, -0.2) is 0 Å². The summed E-state index contributed by atoms with van der Waals surface area (Å²) in [5.74, 6) is 0.163. The zero-order valence-electron chi connectivity index (χ0n) is 12.8. The average molecular weight is 328 g/mol. The first-order valence-electron chi connectivity index (χ1n) is 7.25. The number of halogens is 1. The summed E-state index contributed by atoms with van der Waals surface area (Å²) in [6, 6.07) is 4.42. The van der Waals surface area contributed by atoms with Crippen molar-refractivity contribution in [1.82, 2.24) is 10.6 Å². The van der Waals surface area contributed by atoms with Crippen molar-refractivity contribution in [2.24, 2.45) is 5.92 Å². The van der Waals surface area contributed by atoms with E-state index in [1.165, 1.54) is 12.1 Å². The summed E-state index contributed by atoms with van der Waals surface area (Å²) in [6.45, 7) is 5.70. The molecule has 0 radical (unpaired) electrons. The normalized spacial score (nSPS) is 18.9. The Morgan fingerprint density at radius 3 is 2.82 bits per heavy atom. The van der Waals surface area contributed by atoms with Crippen molar-refractivity contribution >= 4 is 24.0 Å². The Balaban J connectivity index is 0.00000242. The van der Waals surface area contributed by atoms with Gasteiger partial charge in [-0.3, -0.25) is 14.9 Å². The van der Waals surface area contributed by atoms with E-state index in [1.54, 1.807) is 13.0 Å². The number of rotatable bonds is 4. The monoisotopic (exact) mass is 327 g/mol. The van der Waals surface area contributed by atoms with Gasteiger partial charge in [0.15, 0.2) is 0 Å². The number of nitrogens with zero attached hydrogens (tertiary/aromatic N) is 1. The lowest BCUT2D eigenvalue weighted by Crippen LogP contribution is -2.44. The highest BCUT2D eigenvalue weighted by Crippen LogP contribution is 2.19. The van der Waals surface area contributed by atoms with Gasteiger partial charge in [-0.15, -0.1) is 12.4 Å². The largest absolute Gasteiger partial charge is 0.349 e. The van der Waals surface area contributed by atoms with Gasteiger partial charge in [-0.05, 0) is 51.3 Å². The third-order valence-electron chi connectivity index (χ3n) is 4.08. The second kappa shape index (κ2) is 8.10. The molecule has 0 aliphatic carbocycles. The zero-order chi connectivity index (χ0) is 15.4. The first kappa shape index (κ1) is 18.4. The van der Waals surface area contributed by atoms with Gasteiger partial charge in [0.1, 0.15) is 0 Å². The van der Waals surface area contributed by atoms with Crippen molar-refractivity contribution in [2.45, 2.75) is 32.7 Å². The van der Waals surface area contributed by atoms with Crippen LogP contribution < -0.4 is 10.6 Å². The summed E-state index contributed by atoms with van der Waals surface area (Å²) >= 11 is 0. The second-order valence-electron chi connectivity index (χ2n) is 5.62. The van der Waals surface area contributed by atoms with Gasteiger partial charge in [-0.1, -0.05) is 6.07 Å². The molecule has 1 fully saturated rings. The van der Waals surface area contributed by atoms with Crippen LogP contribution in [0.5, 0.6) is 0 Å². The number of carbonyl (C=O) groups excluding carboxylic acids is 1.